The van der Waals surface area contributed by atoms with Gasteiger partial charge in [-0.15, -0.1) is 0 Å². The molecule has 0 aliphatic heterocycles. The highest BCUT2D eigenvalue weighted by atomic mass is 16.2. The number of amides is 1. The Kier molecular flexibility index (Phi) is 3.74. The van der Waals surface area contributed by atoms with E-state index >= 15 is 0 Å². The third-order valence-corrected chi connectivity index (χ3v) is 3.50. The van der Waals surface area contributed by atoms with E-state index in [2.05, 4.69) is 5.32 Å². The van der Waals surface area contributed by atoms with Crippen molar-refractivity contribution in [3.05, 3.63) is 76.6 Å². The van der Waals surface area contributed by atoms with Crippen LogP contribution in [0, 0.1) is 6.92 Å². The van der Waals surface area contributed by atoms with Crippen LogP contribution in [0.3, 0.4) is 0 Å². The minimum Gasteiger partial charge on any atom is -0.338 e. The summed E-state index contributed by atoms with van der Waals surface area (Å²) < 4.78 is 1.79. The van der Waals surface area contributed by atoms with Crippen LogP contribution in [-0.2, 0) is 11.3 Å². The van der Waals surface area contributed by atoms with Gasteiger partial charge in [-0.1, -0.05) is 29.8 Å². The number of aromatic nitrogens is 1. The Morgan fingerprint density at radius 1 is 1.09 bits per heavy atom. The summed E-state index contributed by atoms with van der Waals surface area (Å²) in [6, 6.07) is 16.5. The van der Waals surface area contributed by atoms with Crippen LogP contribution >= 0.6 is 0 Å². The second-order valence-electron chi connectivity index (χ2n) is 5.24. The zero-order valence-electron chi connectivity index (χ0n) is 12.2. The topological polar surface area (TPSA) is 51.1 Å². The standard InChI is InChI=1S/C18H16N2O2/c1-13-7-8-16-15(11-13)17(21)9-10-20(16)12-18(22)19-14-5-3-2-4-6-14/h2-11H,12H2,1H3,(H,19,22). The van der Waals surface area contributed by atoms with E-state index in [1.165, 1.54) is 6.07 Å². The summed E-state index contributed by atoms with van der Waals surface area (Å²) in [7, 11) is 0. The zero-order valence-corrected chi connectivity index (χ0v) is 12.2. The quantitative estimate of drug-likeness (QED) is 0.807. The monoisotopic (exact) mass is 292 g/mol. The third-order valence-electron chi connectivity index (χ3n) is 3.50. The van der Waals surface area contributed by atoms with Crippen molar-refractivity contribution in [2.24, 2.45) is 0 Å². The molecule has 1 N–H and O–H groups in total. The van der Waals surface area contributed by atoms with Crippen LogP contribution in [0.25, 0.3) is 10.9 Å². The highest BCUT2D eigenvalue weighted by Crippen LogP contribution is 2.13. The minimum atomic E-state index is -0.128. The molecule has 3 aromatic rings. The Morgan fingerprint density at radius 2 is 1.86 bits per heavy atom. The highest BCUT2D eigenvalue weighted by Gasteiger charge is 2.07. The van der Waals surface area contributed by atoms with Gasteiger partial charge in [0.2, 0.25) is 5.91 Å². The number of pyridine rings is 1. The van der Waals surface area contributed by atoms with E-state index < -0.39 is 0 Å². The molecule has 1 heterocycles. The van der Waals surface area contributed by atoms with Gasteiger partial charge in [-0.3, -0.25) is 9.59 Å². The van der Waals surface area contributed by atoms with Crippen LogP contribution in [0.1, 0.15) is 5.56 Å². The summed E-state index contributed by atoms with van der Waals surface area (Å²) in [5.41, 5.74) is 2.52. The van der Waals surface area contributed by atoms with Crippen LogP contribution in [0.2, 0.25) is 0 Å². The number of fused-ring (bicyclic) bond motifs is 1. The van der Waals surface area contributed by atoms with Crippen molar-refractivity contribution in [3.63, 3.8) is 0 Å². The van der Waals surface area contributed by atoms with Gasteiger partial charge in [0.1, 0.15) is 6.54 Å². The lowest BCUT2D eigenvalue weighted by molar-refractivity contribution is -0.116. The smallest absolute Gasteiger partial charge is 0.244 e. The predicted octanol–water partition coefficient (Wildman–Crippen LogP) is 2.95. The molecule has 4 nitrogen and oxygen atoms in total. The van der Waals surface area contributed by atoms with Crippen LogP contribution in [-0.4, -0.2) is 10.5 Å². The Labute approximate surface area is 128 Å². The van der Waals surface area contributed by atoms with E-state index in [1.54, 1.807) is 10.8 Å². The van der Waals surface area contributed by atoms with Crippen molar-refractivity contribution in [2.75, 3.05) is 5.32 Å². The lowest BCUT2D eigenvalue weighted by atomic mass is 10.1. The van der Waals surface area contributed by atoms with E-state index in [4.69, 9.17) is 0 Å². The average Bonchev–Trinajstić information content (AvgIpc) is 2.51. The first-order valence-electron chi connectivity index (χ1n) is 7.08. The molecular weight excluding hydrogens is 276 g/mol. The number of nitrogens with one attached hydrogen (secondary N) is 1. The number of hydrogen-bond donors (Lipinski definition) is 1. The van der Waals surface area contributed by atoms with Gasteiger partial charge in [-0.05, 0) is 31.2 Å². The maximum absolute atomic E-state index is 12.2. The number of hydrogen-bond acceptors (Lipinski definition) is 2. The molecule has 0 bridgehead atoms. The maximum Gasteiger partial charge on any atom is 0.244 e. The van der Waals surface area contributed by atoms with Crippen LogP contribution in [0.5, 0.6) is 0 Å². The Bertz CT molecular complexity index is 882. The number of benzene rings is 2. The number of anilines is 1. The molecule has 0 fully saturated rings. The fraction of sp³-hybridized carbons (Fsp3) is 0.111. The molecule has 0 aliphatic carbocycles. The largest absolute Gasteiger partial charge is 0.338 e. The molecule has 1 aromatic heterocycles. The van der Waals surface area contributed by atoms with E-state index in [0.29, 0.717) is 5.39 Å². The maximum atomic E-state index is 12.2. The third kappa shape index (κ3) is 2.91. The number of aryl methyl sites for hydroxylation is 1. The van der Waals surface area contributed by atoms with E-state index in [-0.39, 0.29) is 17.9 Å². The van der Waals surface area contributed by atoms with Crippen molar-refractivity contribution in [1.29, 1.82) is 0 Å². The van der Waals surface area contributed by atoms with Crippen molar-refractivity contribution >= 4 is 22.5 Å². The van der Waals surface area contributed by atoms with Gasteiger partial charge < -0.3 is 9.88 Å². The summed E-state index contributed by atoms with van der Waals surface area (Å²) in [6.07, 6.45) is 1.66. The average molecular weight is 292 g/mol. The van der Waals surface area contributed by atoms with Gasteiger partial charge >= 0.3 is 0 Å². The second-order valence-corrected chi connectivity index (χ2v) is 5.24. The van der Waals surface area contributed by atoms with Gasteiger partial charge in [-0.2, -0.15) is 0 Å². The number of carbonyl (C=O) groups is 1. The van der Waals surface area contributed by atoms with Crippen LogP contribution < -0.4 is 10.7 Å². The zero-order chi connectivity index (χ0) is 15.5. The summed E-state index contributed by atoms with van der Waals surface area (Å²) in [5.74, 6) is -0.128. The highest BCUT2D eigenvalue weighted by molar-refractivity contribution is 5.91. The van der Waals surface area contributed by atoms with Gasteiger partial charge in [-0.25, -0.2) is 0 Å². The molecule has 0 spiro atoms. The van der Waals surface area contributed by atoms with Crippen LogP contribution in [0.4, 0.5) is 5.69 Å². The molecule has 0 aliphatic rings. The Hall–Kier alpha value is -2.88. The Balaban J connectivity index is 1.89. The van der Waals surface area contributed by atoms with Gasteiger partial charge in [0.15, 0.2) is 5.43 Å². The fourth-order valence-electron chi connectivity index (χ4n) is 2.44. The van der Waals surface area contributed by atoms with E-state index in [1.807, 2.05) is 55.5 Å². The van der Waals surface area contributed by atoms with Crippen molar-refractivity contribution < 1.29 is 4.79 Å². The number of para-hydroxylation sites is 1. The molecule has 110 valence electrons. The van der Waals surface area contributed by atoms with E-state index in [9.17, 15) is 9.59 Å². The predicted molar refractivity (Wildman–Crippen MR) is 88.0 cm³/mol. The summed E-state index contributed by atoms with van der Waals surface area (Å²) in [6.45, 7) is 2.10. The van der Waals surface area contributed by atoms with Gasteiger partial charge in [0.25, 0.3) is 0 Å². The van der Waals surface area contributed by atoms with Crippen molar-refractivity contribution in [3.8, 4) is 0 Å². The summed E-state index contributed by atoms with van der Waals surface area (Å²) in [5, 5.41) is 3.48. The Morgan fingerprint density at radius 3 is 2.64 bits per heavy atom. The van der Waals surface area contributed by atoms with Crippen LogP contribution in [0.15, 0.2) is 65.6 Å². The molecule has 0 saturated heterocycles. The SMILES string of the molecule is Cc1ccc2c(c1)c(=O)ccn2CC(=O)Nc1ccccc1. The van der Waals surface area contributed by atoms with Gasteiger partial charge in [0, 0.05) is 23.3 Å². The number of nitrogens with zero attached hydrogens (tertiary/aromatic N) is 1. The number of carbonyl (C=O) groups excluding carboxylic acids is 1. The first-order valence-corrected chi connectivity index (χ1v) is 7.08. The molecule has 0 atom stereocenters. The molecule has 0 unspecified atom stereocenters. The molecule has 22 heavy (non-hydrogen) atoms. The van der Waals surface area contributed by atoms with Crippen molar-refractivity contribution in [2.45, 2.75) is 13.5 Å². The molecule has 4 heteroatoms. The van der Waals surface area contributed by atoms with Gasteiger partial charge in [0.05, 0.1) is 5.52 Å². The molecule has 0 radical (unpaired) electrons. The molecule has 3 rings (SSSR count). The lowest BCUT2D eigenvalue weighted by Crippen LogP contribution is -2.20. The molecular formula is C18H16N2O2. The lowest BCUT2D eigenvalue weighted by Gasteiger charge is -2.11. The molecule has 1 amide bonds. The first-order chi connectivity index (χ1) is 10.6. The first kappa shape index (κ1) is 14.1. The van der Waals surface area contributed by atoms with E-state index in [0.717, 1.165) is 16.8 Å². The molecule has 2 aromatic carbocycles. The molecule has 0 saturated carbocycles. The summed E-state index contributed by atoms with van der Waals surface area (Å²) in [4.78, 5) is 24.1. The fourth-order valence-corrected chi connectivity index (χ4v) is 2.44. The summed E-state index contributed by atoms with van der Waals surface area (Å²) >= 11 is 0. The number of rotatable bonds is 3. The second kappa shape index (κ2) is 5.85. The minimum absolute atomic E-state index is 0.0292. The van der Waals surface area contributed by atoms with Crippen molar-refractivity contribution in [1.82, 2.24) is 4.57 Å². The normalized spacial score (nSPS) is 10.6.